The number of halogens is 1. The monoisotopic (exact) mass is 486 g/mol. The van der Waals surface area contributed by atoms with Crippen molar-refractivity contribution in [1.82, 2.24) is 15.5 Å². The molecule has 1 unspecified atom stereocenters. The Labute approximate surface area is 206 Å². The lowest BCUT2D eigenvalue weighted by Crippen LogP contribution is -2.46. The van der Waals surface area contributed by atoms with E-state index in [0.29, 0.717) is 16.8 Å². The summed E-state index contributed by atoms with van der Waals surface area (Å²) in [6.45, 7) is 3.86. The normalized spacial score (nSPS) is 15.9. The van der Waals surface area contributed by atoms with Crippen LogP contribution in [0, 0.1) is 12.7 Å². The molecule has 1 aliphatic rings. The van der Waals surface area contributed by atoms with Crippen LogP contribution >= 0.6 is 11.8 Å². The van der Waals surface area contributed by atoms with E-state index >= 15 is 0 Å². The first-order chi connectivity index (χ1) is 16.9. The van der Waals surface area contributed by atoms with Crippen LogP contribution in [0.5, 0.6) is 0 Å². The van der Waals surface area contributed by atoms with E-state index < -0.39 is 6.04 Å². The highest BCUT2D eigenvalue weighted by molar-refractivity contribution is 7.98. The van der Waals surface area contributed by atoms with Gasteiger partial charge in [-0.2, -0.15) is 4.98 Å². The van der Waals surface area contributed by atoms with Gasteiger partial charge in [0.1, 0.15) is 5.82 Å². The fraction of sp³-hybridized carbons (Fsp3) is 0.148. The molecule has 5 rings (SSSR count). The summed E-state index contributed by atoms with van der Waals surface area (Å²) in [4.78, 5) is 20.6. The lowest BCUT2D eigenvalue weighted by molar-refractivity contribution is 0.244. The summed E-state index contributed by atoms with van der Waals surface area (Å²) in [5, 5.41) is 7.20. The minimum atomic E-state index is -0.499. The predicted molar refractivity (Wildman–Crippen MR) is 135 cm³/mol. The third-order valence-electron chi connectivity index (χ3n) is 5.97. The van der Waals surface area contributed by atoms with Crippen LogP contribution < -0.4 is 10.2 Å². The molecule has 2 amide bonds. The predicted octanol–water partition coefficient (Wildman–Crippen LogP) is 6.61. The van der Waals surface area contributed by atoms with Crippen LogP contribution in [-0.2, 0) is 0 Å². The van der Waals surface area contributed by atoms with Gasteiger partial charge in [-0.1, -0.05) is 47.1 Å². The SMILES string of the molecule is CSc1ccc(C2NC(=O)N(c3ccc(C)cc3)C(C)=C2c2nc(-c3cccc(F)c3)no2)cc1. The van der Waals surface area contributed by atoms with Crippen LogP contribution in [0.1, 0.15) is 30.0 Å². The summed E-state index contributed by atoms with van der Waals surface area (Å²) in [5.41, 5.74) is 4.57. The molecular weight excluding hydrogens is 463 g/mol. The van der Waals surface area contributed by atoms with Crippen molar-refractivity contribution in [2.24, 2.45) is 0 Å². The average molecular weight is 487 g/mol. The summed E-state index contributed by atoms with van der Waals surface area (Å²) < 4.78 is 19.5. The van der Waals surface area contributed by atoms with Crippen LogP contribution in [0.15, 0.2) is 87.9 Å². The van der Waals surface area contributed by atoms with E-state index in [-0.39, 0.29) is 23.6 Å². The third kappa shape index (κ3) is 4.44. The number of carbonyl (C=O) groups excluding carboxylic acids is 1. The summed E-state index contributed by atoms with van der Waals surface area (Å²) in [6.07, 6.45) is 2.01. The molecule has 8 heteroatoms. The number of anilines is 1. The second-order valence-corrected chi connectivity index (χ2v) is 9.14. The van der Waals surface area contributed by atoms with Crippen LogP contribution in [0.4, 0.5) is 14.9 Å². The number of carbonyl (C=O) groups is 1. The van der Waals surface area contributed by atoms with Crippen molar-refractivity contribution in [3.05, 3.63) is 101 Å². The molecule has 0 saturated carbocycles. The molecule has 0 bridgehead atoms. The Bertz CT molecular complexity index is 1410. The van der Waals surface area contributed by atoms with E-state index in [4.69, 9.17) is 4.52 Å². The van der Waals surface area contributed by atoms with Crippen molar-refractivity contribution in [3.8, 4) is 11.4 Å². The highest BCUT2D eigenvalue weighted by atomic mass is 32.2. The molecule has 1 aliphatic heterocycles. The maximum atomic E-state index is 13.8. The highest BCUT2D eigenvalue weighted by Crippen LogP contribution is 2.39. The van der Waals surface area contributed by atoms with E-state index in [9.17, 15) is 9.18 Å². The van der Waals surface area contributed by atoms with Gasteiger partial charge in [-0.15, -0.1) is 11.8 Å². The molecule has 0 saturated heterocycles. The van der Waals surface area contributed by atoms with Crippen molar-refractivity contribution >= 4 is 29.1 Å². The van der Waals surface area contributed by atoms with E-state index in [2.05, 4.69) is 15.5 Å². The van der Waals surface area contributed by atoms with Crippen molar-refractivity contribution in [2.75, 3.05) is 11.2 Å². The van der Waals surface area contributed by atoms with E-state index in [1.165, 1.54) is 12.1 Å². The molecule has 2 heterocycles. The molecule has 6 nitrogen and oxygen atoms in total. The Balaban J connectivity index is 1.64. The number of urea groups is 1. The fourth-order valence-corrected chi connectivity index (χ4v) is 4.56. The number of nitrogens with one attached hydrogen (secondary N) is 1. The van der Waals surface area contributed by atoms with Gasteiger partial charge < -0.3 is 9.84 Å². The van der Waals surface area contributed by atoms with Crippen molar-refractivity contribution in [3.63, 3.8) is 0 Å². The summed E-state index contributed by atoms with van der Waals surface area (Å²) in [6, 6.07) is 21.0. The largest absolute Gasteiger partial charge is 0.334 e. The number of benzene rings is 3. The van der Waals surface area contributed by atoms with Crippen molar-refractivity contribution in [2.45, 2.75) is 24.8 Å². The quantitative estimate of drug-likeness (QED) is 0.322. The maximum Gasteiger partial charge on any atom is 0.326 e. The van der Waals surface area contributed by atoms with E-state index in [1.54, 1.807) is 28.8 Å². The molecule has 1 aromatic heterocycles. The highest BCUT2D eigenvalue weighted by Gasteiger charge is 2.36. The molecule has 0 fully saturated rings. The van der Waals surface area contributed by atoms with Gasteiger partial charge in [0.2, 0.25) is 5.82 Å². The van der Waals surface area contributed by atoms with Crippen molar-refractivity contribution < 1.29 is 13.7 Å². The molecule has 35 heavy (non-hydrogen) atoms. The lowest BCUT2D eigenvalue weighted by atomic mass is 9.94. The molecule has 0 radical (unpaired) electrons. The Hall–Kier alpha value is -3.91. The third-order valence-corrected chi connectivity index (χ3v) is 6.71. The Kier molecular flexibility index (Phi) is 6.13. The number of hydrogen-bond donors (Lipinski definition) is 1. The lowest BCUT2D eigenvalue weighted by Gasteiger charge is -2.35. The van der Waals surface area contributed by atoms with Gasteiger partial charge in [-0.25, -0.2) is 9.18 Å². The zero-order valence-corrected chi connectivity index (χ0v) is 20.3. The number of nitrogens with zero attached hydrogens (tertiary/aromatic N) is 3. The zero-order chi connectivity index (χ0) is 24.5. The molecule has 1 N–H and O–H groups in total. The smallest absolute Gasteiger partial charge is 0.326 e. The molecule has 1 atom stereocenters. The average Bonchev–Trinajstić information content (AvgIpc) is 3.35. The first-order valence-electron chi connectivity index (χ1n) is 11.1. The molecule has 176 valence electrons. The number of aryl methyl sites for hydroxylation is 1. The van der Waals surface area contributed by atoms with Gasteiger partial charge in [-0.3, -0.25) is 4.90 Å². The first kappa shape index (κ1) is 22.9. The summed E-state index contributed by atoms with van der Waals surface area (Å²) in [5.74, 6) is 0.152. The molecule has 0 aliphatic carbocycles. The second-order valence-electron chi connectivity index (χ2n) is 8.26. The molecular formula is C27H23FN4O2S. The second kappa shape index (κ2) is 9.38. The van der Waals surface area contributed by atoms with E-state index in [0.717, 1.165) is 21.7 Å². The number of rotatable bonds is 5. The minimum absolute atomic E-state index is 0.251. The fourth-order valence-electron chi connectivity index (χ4n) is 4.15. The summed E-state index contributed by atoms with van der Waals surface area (Å²) in [7, 11) is 0. The van der Waals surface area contributed by atoms with Gasteiger partial charge in [-0.05, 0) is 62.1 Å². The van der Waals surface area contributed by atoms with Gasteiger partial charge in [0.05, 0.1) is 17.3 Å². The Morgan fingerprint density at radius 2 is 1.77 bits per heavy atom. The van der Waals surface area contributed by atoms with E-state index in [1.807, 2.05) is 68.6 Å². The van der Waals surface area contributed by atoms with Gasteiger partial charge in [0.25, 0.3) is 5.89 Å². The minimum Gasteiger partial charge on any atom is -0.334 e. The number of hydrogen-bond acceptors (Lipinski definition) is 5. The first-order valence-corrected chi connectivity index (χ1v) is 12.3. The number of amides is 2. The number of aromatic nitrogens is 2. The topological polar surface area (TPSA) is 71.3 Å². The number of allylic oxidation sites excluding steroid dienone is 1. The standard InChI is InChI=1S/C27H23FN4O2S/c1-16-7-11-21(12-8-16)32-17(2)23(24(29-27(32)33)18-9-13-22(35-3)14-10-18)26-30-25(31-34-26)19-5-4-6-20(28)15-19/h4-15,24H,1-3H3,(H,29,33). The summed E-state index contributed by atoms with van der Waals surface area (Å²) >= 11 is 1.64. The van der Waals surface area contributed by atoms with Gasteiger partial charge in [0.15, 0.2) is 0 Å². The zero-order valence-electron chi connectivity index (χ0n) is 19.4. The molecule has 0 spiro atoms. The van der Waals surface area contributed by atoms with Crippen molar-refractivity contribution in [1.29, 1.82) is 0 Å². The Morgan fingerprint density at radius 1 is 1.03 bits per heavy atom. The van der Waals surface area contributed by atoms with Gasteiger partial charge in [0, 0.05) is 16.2 Å². The van der Waals surface area contributed by atoms with Crippen LogP contribution in [0.2, 0.25) is 0 Å². The van der Waals surface area contributed by atoms with Crippen LogP contribution in [0.3, 0.4) is 0 Å². The molecule has 4 aromatic rings. The maximum absolute atomic E-state index is 13.8. The van der Waals surface area contributed by atoms with Gasteiger partial charge >= 0.3 is 6.03 Å². The van der Waals surface area contributed by atoms with Crippen LogP contribution in [-0.4, -0.2) is 22.4 Å². The van der Waals surface area contributed by atoms with Crippen LogP contribution in [0.25, 0.3) is 17.0 Å². The number of thioether (sulfide) groups is 1. The molecule has 3 aromatic carbocycles. The Morgan fingerprint density at radius 3 is 2.46 bits per heavy atom.